The monoisotopic (exact) mass is 608 g/mol. The summed E-state index contributed by atoms with van der Waals surface area (Å²) in [5.74, 6) is 0.560. The number of benzene rings is 3. The van der Waals surface area contributed by atoms with Crippen LogP contribution in [0.2, 0.25) is 10.0 Å². The third-order valence-corrected chi connectivity index (χ3v) is 6.76. The highest BCUT2D eigenvalue weighted by Crippen LogP contribution is 2.36. The van der Waals surface area contributed by atoms with Crippen LogP contribution in [-0.4, -0.2) is 48.7 Å². The number of hydrogen-bond acceptors (Lipinski definition) is 9. The summed E-state index contributed by atoms with van der Waals surface area (Å²) in [5.41, 5.74) is 3.23. The van der Waals surface area contributed by atoms with Crippen molar-refractivity contribution in [2.45, 2.75) is 13.5 Å². The Balaban J connectivity index is 1.48. The maximum Gasteiger partial charge on any atom is 0.344 e. The van der Waals surface area contributed by atoms with E-state index in [1.54, 1.807) is 31.2 Å². The molecule has 0 radical (unpaired) electrons. The number of nitrogens with zero attached hydrogens (tertiary/aromatic N) is 1. The van der Waals surface area contributed by atoms with Crippen LogP contribution in [0.1, 0.15) is 22.8 Å². The van der Waals surface area contributed by atoms with Crippen LogP contribution in [0.4, 0.5) is 0 Å². The molecule has 0 aromatic heterocycles. The van der Waals surface area contributed by atoms with Gasteiger partial charge >= 0.3 is 5.97 Å². The zero-order valence-corrected chi connectivity index (χ0v) is 23.9. The van der Waals surface area contributed by atoms with Crippen molar-refractivity contribution in [1.29, 1.82) is 5.41 Å². The van der Waals surface area contributed by atoms with Gasteiger partial charge in [-0.2, -0.15) is 0 Å². The van der Waals surface area contributed by atoms with Gasteiger partial charge in [0.15, 0.2) is 12.9 Å². The summed E-state index contributed by atoms with van der Waals surface area (Å²) in [7, 11) is 0. The Hall–Kier alpha value is -4.60. The molecular formula is C31H26Cl2N2O7. The van der Waals surface area contributed by atoms with Gasteiger partial charge in [-0.3, -0.25) is 10.2 Å². The van der Waals surface area contributed by atoms with Gasteiger partial charge in [0.2, 0.25) is 0 Å². The van der Waals surface area contributed by atoms with E-state index in [0.717, 1.165) is 11.1 Å². The van der Waals surface area contributed by atoms with Crippen molar-refractivity contribution < 1.29 is 33.7 Å². The standard InChI is InChI=1S/C31H26Cl2N2O7/c1-2-39-30(37)18-40-23-7-3-5-20(12-23)24-8-4-6-21(31(24)33)17-42-29-14-28(22(15-36)13-25(29)32)41-16-19-9-10-27(35-38)26(34)11-19/h3-15,34,38H,2,16-18H2,1H3/b34-26?,35-27-. The van der Waals surface area contributed by atoms with E-state index in [-0.39, 0.29) is 59.9 Å². The van der Waals surface area contributed by atoms with Crippen LogP contribution in [0.25, 0.3) is 11.1 Å². The van der Waals surface area contributed by atoms with Gasteiger partial charge in [0.1, 0.15) is 36.2 Å². The number of carbonyl (C=O) groups excluding carboxylic acids is 2. The Morgan fingerprint density at radius 2 is 1.79 bits per heavy atom. The molecule has 0 fully saturated rings. The molecule has 3 aromatic carbocycles. The van der Waals surface area contributed by atoms with E-state index in [2.05, 4.69) is 5.16 Å². The van der Waals surface area contributed by atoms with Gasteiger partial charge in [0, 0.05) is 17.2 Å². The molecule has 2 N–H and O–H groups in total. The SMILES string of the molecule is CCOC(=O)COc1cccc(-c2cccc(COc3cc(OCC4=CC(=N)/C(=N\O)C=C4)c(C=O)cc3Cl)c2Cl)c1. The number of carbonyl (C=O) groups is 2. The minimum Gasteiger partial charge on any atom is -0.488 e. The number of esters is 1. The fourth-order valence-electron chi connectivity index (χ4n) is 3.97. The number of rotatable bonds is 12. The normalized spacial score (nSPS) is 13.5. The Bertz CT molecular complexity index is 1600. The first kappa shape index (κ1) is 30.4. The van der Waals surface area contributed by atoms with Gasteiger partial charge in [-0.25, -0.2) is 4.79 Å². The summed E-state index contributed by atoms with van der Waals surface area (Å²) >= 11 is 13.2. The van der Waals surface area contributed by atoms with E-state index >= 15 is 0 Å². The Morgan fingerprint density at radius 3 is 2.52 bits per heavy atom. The number of allylic oxidation sites excluding steroid dienone is 2. The highest BCUT2D eigenvalue weighted by Gasteiger charge is 2.15. The van der Waals surface area contributed by atoms with Crippen molar-refractivity contribution in [3.8, 4) is 28.4 Å². The molecule has 0 saturated carbocycles. The number of ether oxygens (including phenoxy) is 4. The quantitative estimate of drug-likeness (QED) is 0.0768. The predicted molar refractivity (Wildman–Crippen MR) is 160 cm³/mol. The maximum atomic E-state index is 11.7. The molecule has 0 atom stereocenters. The third kappa shape index (κ3) is 7.57. The highest BCUT2D eigenvalue weighted by atomic mass is 35.5. The molecule has 0 aliphatic heterocycles. The van der Waals surface area contributed by atoms with Gasteiger partial charge in [-0.15, -0.1) is 0 Å². The molecule has 1 aliphatic rings. The second-order valence-electron chi connectivity index (χ2n) is 8.87. The Labute approximate surface area is 252 Å². The van der Waals surface area contributed by atoms with Gasteiger partial charge < -0.3 is 24.2 Å². The second kappa shape index (κ2) is 14.3. The third-order valence-electron chi connectivity index (χ3n) is 6.02. The molecule has 0 saturated heterocycles. The van der Waals surface area contributed by atoms with E-state index < -0.39 is 5.97 Å². The van der Waals surface area contributed by atoms with Crippen LogP contribution >= 0.6 is 23.2 Å². The minimum atomic E-state index is -0.455. The van der Waals surface area contributed by atoms with Crippen molar-refractivity contribution in [1.82, 2.24) is 0 Å². The molecule has 0 amide bonds. The van der Waals surface area contributed by atoms with Gasteiger partial charge in [-0.1, -0.05) is 64.8 Å². The highest BCUT2D eigenvalue weighted by molar-refractivity contribution is 6.50. The summed E-state index contributed by atoms with van der Waals surface area (Å²) < 4.78 is 22.3. The lowest BCUT2D eigenvalue weighted by Crippen LogP contribution is -2.14. The second-order valence-corrected chi connectivity index (χ2v) is 9.65. The summed E-state index contributed by atoms with van der Waals surface area (Å²) in [5, 5.41) is 20.5. The molecule has 0 spiro atoms. The van der Waals surface area contributed by atoms with Gasteiger partial charge in [0.05, 0.1) is 27.9 Å². The fourth-order valence-corrected chi connectivity index (χ4v) is 4.48. The first-order valence-electron chi connectivity index (χ1n) is 12.7. The molecular weight excluding hydrogens is 583 g/mol. The van der Waals surface area contributed by atoms with Crippen LogP contribution in [0.15, 0.2) is 83.6 Å². The van der Waals surface area contributed by atoms with Crippen molar-refractivity contribution >= 4 is 46.9 Å². The predicted octanol–water partition coefficient (Wildman–Crippen LogP) is 6.72. The van der Waals surface area contributed by atoms with Crippen molar-refractivity contribution in [2.24, 2.45) is 5.16 Å². The van der Waals surface area contributed by atoms with E-state index in [1.807, 2.05) is 24.3 Å². The van der Waals surface area contributed by atoms with E-state index in [1.165, 1.54) is 24.3 Å². The maximum absolute atomic E-state index is 11.7. The van der Waals surface area contributed by atoms with Gasteiger partial charge in [-0.05, 0) is 48.4 Å². The average molecular weight is 609 g/mol. The number of nitrogens with one attached hydrogen (secondary N) is 1. The summed E-state index contributed by atoms with van der Waals surface area (Å²) in [6.45, 7) is 1.92. The smallest absolute Gasteiger partial charge is 0.344 e. The van der Waals surface area contributed by atoms with Crippen LogP contribution in [0.5, 0.6) is 17.2 Å². The lowest BCUT2D eigenvalue weighted by Gasteiger charge is -2.16. The molecule has 11 heteroatoms. The lowest BCUT2D eigenvalue weighted by molar-refractivity contribution is -0.145. The average Bonchev–Trinajstić information content (AvgIpc) is 2.99. The van der Waals surface area contributed by atoms with Gasteiger partial charge in [0.25, 0.3) is 0 Å². The van der Waals surface area contributed by atoms with Crippen LogP contribution in [0, 0.1) is 5.41 Å². The van der Waals surface area contributed by atoms with E-state index in [4.69, 9.17) is 52.8 Å². The number of oxime groups is 1. The van der Waals surface area contributed by atoms with Crippen molar-refractivity contribution in [2.75, 3.05) is 19.8 Å². The molecule has 0 heterocycles. The number of aldehydes is 1. The summed E-state index contributed by atoms with van der Waals surface area (Å²) in [6, 6.07) is 15.7. The molecule has 0 unspecified atom stereocenters. The minimum absolute atomic E-state index is 0.0318. The fraction of sp³-hybridized carbons (Fsp3) is 0.161. The van der Waals surface area contributed by atoms with E-state index in [0.29, 0.717) is 28.2 Å². The Morgan fingerprint density at radius 1 is 1.00 bits per heavy atom. The number of halogens is 2. The molecule has 216 valence electrons. The summed E-state index contributed by atoms with van der Waals surface area (Å²) in [6.07, 6.45) is 5.26. The molecule has 1 aliphatic carbocycles. The van der Waals surface area contributed by atoms with Crippen LogP contribution < -0.4 is 14.2 Å². The summed E-state index contributed by atoms with van der Waals surface area (Å²) in [4.78, 5) is 23.3. The Kier molecular flexibility index (Phi) is 10.4. The zero-order chi connectivity index (χ0) is 30.1. The molecule has 0 bridgehead atoms. The molecule has 3 aromatic rings. The van der Waals surface area contributed by atoms with E-state index in [9.17, 15) is 9.59 Å². The zero-order valence-electron chi connectivity index (χ0n) is 22.4. The van der Waals surface area contributed by atoms with Crippen molar-refractivity contribution in [3.05, 3.63) is 99.6 Å². The van der Waals surface area contributed by atoms with Crippen LogP contribution in [-0.2, 0) is 16.1 Å². The first-order chi connectivity index (χ1) is 20.3. The first-order valence-corrected chi connectivity index (χ1v) is 13.5. The van der Waals surface area contributed by atoms with Crippen LogP contribution in [0.3, 0.4) is 0 Å². The molecule has 42 heavy (non-hydrogen) atoms. The van der Waals surface area contributed by atoms with Crippen molar-refractivity contribution in [3.63, 3.8) is 0 Å². The number of hydrogen-bond donors (Lipinski definition) is 2. The lowest BCUT2D eigenvalue weighted by atomic mass is 10.0. The molecule has 9 nitrogen and oxygen atoms in total. The largest absolute Gasteiger partial charge is 0.488 e. The molecule has 4 rings (SSSR count). The topological polar surface area (TPSA) is 128 Å².